The average molecular weight is 587 g/mol. The molecule has 2 atom stereocenters. The highest BCUT2D eigenvalue weighted by molar-refractivity contribution is 7.18. The van der Waals surface area contributed by atoms with Gasteiger partial charge in [0.05, 0.1) is 28.5 Å². The zero-order chi connectivity index (χ0) is 29.8. The smallest absolute Gasteiger partial charge is 0.352 e. The third-order valence-electron chi connectivity index (χ3n) is 6.68. The number of nitrogens with zero attached hydrogens (tertiary/aromatic N) is 3. The number of rotatable bonds is 12. The average Bonchev–Trinajstić information content (AvgIpc) is 3.25. The normalized spacial score (nSPS) is 13.6. The number of fused-ring (bicyclic) bond motifs is 1. The van der Waals surface area contributed by atoms with Gasteiger partial charge in [-0.2, -0.15) is 13.2 Å². The van der Waals surface area contributed by atoms with E-state index in [2.05, 4.69) is 21.9 Å². The number of allylic oxidation sites excluding steroid dienone is 1. The Morgan fingerprint density at radius 2 is 1.82 bits per heavy atom. The summed E-state index contributed by atoms with van der Waals surface area (Å²) in [6, 6.07) is 0.493. The first kappa shape index (κ1) is 31.4. The van der Waals surface area contributed by atoms with E-state index >= 15 is 4.39 Å². The number of aromatic nitrogens is 2. The van der Waals surface area contributed by atoms with Crippen LogP contribution in [0.25, 0.3) is 10.3 Å². The Morgan fingerprint density at radius 3 is 2.35 bits per heavy atom. The summed E-state index contributed by atoms with van der Waals surface area (Å²) in [5, 5.41) is 3.29. The predicted molar refractivity (Wildman–Crippen MR) is 146 cm³/mol. The number of alkyl halides is 5. The predicted octanol–water partition coefficient (Wildman–Crippen LogP) is 8.70. The van der Waals surface area contributed by atoms with E-state index in [1.165, 1.54) is 17.5 Å². The van der Waals surface area contributed by atoms with Gasteiger partial charge >= 0.3 is 6.18 Å². The summed E-state index contributed by atoms with van der Waals surface area (Å²) in [5.41, 5.74) is -0.422. The number of hydrogen-bond donors (Lipinski definition) is 1. The molecule has 0 aliphatic rings. The molecule has 12 heteroatoms. The molecule has 0 aliphatic carbocycles. The molecule has 2 heterocycles. The van der Waals surface area contributed by atoms with Crippen molar-refractivity contribution in [1.82, 2.24) is 14.9 Å². The first-order valence-corrected chi connectivity index (χ1v) is 13.7. The molecule has 0 spiro atoms. The summed E-state index contributed by atoms with van der Waals surface area (Å²) in [6.45, 7) is 8.89. The number of aryl methyl sites for hydroxylation is 1. The zero-order valence-electron chi connectivity index (χ0n) is 22.7. The van der Waals surface area contributed by atoms with Gasteiger partial charge in [0, 0.05) is 18.5 Å². The van der Waals surface area contributed by atoms with Crippen LogP contribution in [0.5, 0.6) is 0 Å². The van der Waals surface area contributed by atoms with Crippen molar-refractivity contribution in [3.05, 3.63) is 59.0 Å². The molecule has 218 valence electrons. The molecule has 0 saturated carbocycles. The van der Waals surface area contributed by atoms with Crippen molar-refractivity contribution < 1.29 is 31.1 Å². The molecule has 3 rings (SSSR count). The second-order valence-corrected chi connectivity index (χ2v) is 10.8. The highest BCUT2D eigenvalue weighted by atomic mass is 32.1. The van der Waals surface area contributed by atoms with Gasteiger partial charge in [0.2, 0.25) is 12.3 Å². The molecule has 40 heavy (non-hydrogen) atoms. The number of nitrogens with one attached hydrogen (secondary N) is 1. The van der Waals surface area contributed by atoms with Gasteiger partial charge < -0.3 is 10.2 Å². The van der Waals surface area contributed by atoms with Gasteiger partial charge in [-0.25, -0.2) is 23.1 Å². The van der Waals surface area contributed by atoms with Crippen LogP contribution in [0.15, 0.2) is 37.1 Å². The largest absolute Gasteiger partial charge is 0.413 e. The van der Waals surface area contributed by atoms with Crippen LogP contribution in [0.1, 0.15) is 67.6 Å². The minimum atomic E-state index is -4.87. The monoisotopic (exact) mass is 586 g/mol. The topological polar surface area (TPSA) is 58.1 Å². The number of halogens is 6. The van der Waals surface area contributed by atoms with E-state index in [1.54, 1.807) is 6.92 Å². The highest BCUT2D eigenvalue weighted by Gasteiger charge is 2.46. The Hall–Kier alpha value is -3.15. The van der Waals surface area contributed by atoms with Gasteiger partial charge in [0.15, 0.2) is 6.04 Å². The molecule has 3 aromatic rings. The quantitative estimate of drug-likeness (QED) is 0.170. The van der Waals surface area contributed by atoms with E-state index in [4.69, 9.17) is 0 Å². The molecular formula is C28H32F6N4OS. The van der Waals surface area contributed by atoms with Gasteiger partial charge in [0.1, 0.15) is 16.2 Å². The summed E-state index contributed by atoms with van der Waals surface area (Å²) in [5.74, 6) is -3.73. The number of carbonyl (C=O) groups is 1. The summed E-state index contributed by atoms with van der Waals surface area (Å²) in [6.07, 6.45) is -3.23. The van der Waals surface area contributed by atoms with Crippen molar-refractivity contribution in [2.75, 3.05) is 12.4 Å². The van der Waals surface area contributed by atoms with Gasteiger partial charge in [-0.15, -0.1) is 6.58 Å². The number of anilines is 2. The fraction of sp³-hybridized carbons (Fsp3) is 0.464. The van der Waals surface area contributed by atoms with Crippen LogP contribution in [-0.2, 0) is 4.79 Å². The van der Waals surface area contributed by atoms with Crippen LogP contribution in [0.4, 0.5) is 37.7 Å². The lowest BCUT2D eigenvalue weighted by Gasteiger charge is -2.33. The summed E-state index contributed by atoms with van der Waals surface area (Å²) in [4.78, 5) is 22.6. The maximum atomic E-state index is 15.3. The van der Waals surface area contributed by atoms with Crippen LogP contribution < -0.4 is 5.32 Å². The lowest BCUT2D eigenvalue weighted by atomic mass is 9.95. The van der Waals surface area contributed by atoms with Crippen LogP contribution in [-0.4, -0.2) is 40.4 Å². The van der Waals surface area contributed by atoms with Crippen molar-refractivity contribution in [3.8, 4) is 0 Å². The molecule has 0 radical (unpaired) electrons. The molecule has 0 saturated heterocycles. The van der Waals surface area contributed by atoms with Crippen LogP contribution in [0.3, 0.4) is 0 Å². The van der Waals surface area contributed by atoms with E-state index in [1.807, 2.05) is 13.8 Å². The second kappa shape index (κ2) is 13.0. The van der Waals surface area contributed by atoms with Crippen LogP contribution in [0, 0.1) is 18.7 Å². The lowest BCUT2D eigenvalue weighted by molar-refractivity contribution is -0.190. The van der Waals surface area contributed by atoms with E-state index in [-0.39, 0.29) is 22.5 Å². The SMILES string of the molecule is C=C[C@H](c1c(Nc2ccc([C@H](N(C)C(=O)C(CCC)CCC)C(F)(F)F)cc2F)cnc2sc(C)nc12)C(F)F. The Morgan fingerprint density at radius 1 is 1.18 bits per heavy atom. The van der Waals surface area contributed by atoms with Crippen LogP contribution in [0.2, 0.25) is 0 Å². The molecule has 5 nitrogen and oxygen atoms in total. The van der Waals surface area contributed by atoms with E-state index < -0.39 is 47.8 Å². The van der Waals surface area contributed by atoms with E-state index in [0.29, 0.717) is 46.5 Å². The van der Waals surface area contributed by atoms with Crippen molar-refractivity contribution in [1.29, 1.82) is 0 Å². The molecule has 0 fully saturated rings. The van der Waals surface area contributed by atoms with Gasteiger partial charge in [-0.1, -0.05) is 50.2 Å². The Balaban J connectivity index is 2.02. The molecular weight excluding hydrogens is 554 g/mol. The van der Waals surface area contributed by atoms with E-state index in [9.17, 15) is 26.7 Å². The first-order chi connectivity index (χ1) is 18.8. The number of amides is 1. The Labute approximate surface area is 233 Å². The van der Waals surface area contributed by atoms with Gasteiger partial charge in [-0.3, -0.25) is 4.79 Å². The molecule has 1 N–H and O–H groups in total. The third-order valence-corrected chi connectivity index (χ3v) is 7.56. The molecule has 2 aromatic heterocycles. The fourth-order valence-electron chi connectivity index (χ4n) is 4.87. The minimum Gasteiger partial charge on any atom is -0.352 e. The summed E-state index contributed by atoms with van der Waals surface area (Å²) >= 11 is 1.20. The number of carbonyl (C=O) groups excluding carboxylic acids is 1. The maximum Gasteiger partial charge on any atom is 0.413 e. The Bertz CT molecular complexity index is 1340. The van der Waals surface area contributed by atoms with Gasteiger partial charge in [0.25, 0.3) is 0 Å². The number of pyridine rings is 1. The molecule has 0 unspecified atom stereocenters. The molecule has 0 aliphatic heterocycles. The van der Waals surface area contributed by atoms with Crippen LogP contribution >= 0.6 is 11.3 Å². The maximum absolute atomic E-state index is 15.3. The standard InChI is InChI=1S/C28H32F6N4OS/c1-6-9-16(10-7-2)27(39)38(5)24(28(32,33)34)17-11-12-20(19(29)13-17)37-21-14-35-26-23(36-15(4)40-26)22(21)18(8-3)25(30)31/h8,11-14,16,18,24-25,37H,3,6-7,9-10H2,1-2,4-5H3/t18-,24+/m1/s1. The summed E-state index contributed by atoms with van der Waals surface area (Å²) in [7, 11) is 1.08. The van der Waals surface area contributed by atoms with Crippen molar-refractivity contribution in [2.45, 2.75) is 71.0 Å². The van der Waals surface area contributed by atoms with Crippen molar-refractivity contribution in [2.24, 2.45) is 5.92 Å². The second-order valence-electron chi connectivity index (χ2n) is 9.60. The highest BCUT2D eigenvalue weighted by Crippen LogP contribution is 2.41. The van der Waals surface area contributed by atoms with Crippen molar-refractivity contribution in [3.63, 3.8) is 0 Å². The third kappa shape index (κ3) is 6.76. The Kier molecular flexibility index (Phi) is 10.2. The van der Waals surface area contributed by atoms with E-state index in [0.717, 1.165) is 25.3 Å². The number of benzene rings is 1. The van der Waals surface area contributed by atoms with Crippen molar-refractivity contribution >= 4 is 39.0 Å². The fourth-order valence-corrected chi connectivity index (χ4v) is 5.64. The zero-order valence-corrected chi connectivity index (χ0v) is 23.5. The number of hydrogen-bond acceptors (Lipinski definition) is 5. The lowest BCUT2D eigenvalue weighted by Crippen LogP contribution is -2.42. The molecule has 1 amide bonds. The van der Waals surface area contributed by atoms with Gasteiger partial charge in [-0.05, 0) is 37.5 Å². The minimum absolute atomic E-state index is 0.0243. The first-order valence-electron chi connectivity index (χ1n) is 12.9. The molecule has 1 aromatic carbocycles. The molecule has 0 bridgehead atoms. The number of thiazole rings is 1. The summed E-state index contributed by atoms with van der Waals surface area (Å²) < 4.78 is 85.8.